The molecule has 1 aromatic heterocycles. The van der Waals surface area contributed by atoms with Crippen molar-refractivity contribution in [3.05, 3.63) is 28.0 Å². The molecule has 0 unspecified atom stereocenters. The lowest BCUT2D eigenvalue weighted by molar-refractivity contribution is 0.539. The predicted molar refractivity (Wildman–Crippen MR) is 56.3 cm³/mol. The minimum absolute atomic E-state index is 0.211. The molecule has 0 saturated carbocycles. The molecular formula is C9H12Cl2N2. The average Bonchev–Trinajstić information content (AvgIpc) is 2.03. The maximum atomic E-state index is 5.99. The Labute approximate surface area is 88.1 Å². The summed E-state index contributed by atoms with van der Waals surface area (Å²) in [6, 6.07) is 0. The Kier molecular flexibility index (Phi) is 3.17. The summed E-state index contributed by atoms with van der Waals surface area (Å²) in [5.74, 6) is 0. The van der Waals surface area contributed by atoms with Crippen LogP contribution in [0.1, 0.15) is 19.4 Å². The second kappa shape index (κ2) is 3.82. The van der Waals surface area contributed by atoms with Crippen molar-refractivity contribution in [2.75, 3.05) is 6.54 Å². The molecule has 0 aliphatic heterocycles. The van der Waals surface area contributed by atoms with E-state index in [2.05, 4.69) is 4.98 Å². The molecule has 0 amide bonds. The third-order valence-corrected chi connectivity index (χ3v) is 2.61. The summed E-state index contributed by atoms with van der Waals surface area (Å²) in [4.78, 5) is 3.89. The van der Waals surface area contributed by atoms with Gasteiger partial charge in [0, 0.05) is 24.4 Å². The molecule has 0 aliphatic rings. The van der Waals surface area contributed by atoms with E-state index in [1.807, 2.05) is 13.8 Å². The Bertz CT molecular complexity index is 290. The summed E-state index contributed by atoms with van der Waals surface area (Å²) in [6.07, 6.45) is 3.17. The number of aromatic nitrogens is 1. The number of nitrogens with two attached hydrogens (primary N) is 1. The standard InChI is InChI=1S/C9H12Cl2N2/c1-9(2,5-12)8-6(10)3-13-4-7(8)11/h3-4H,5,12H2,1-2H3. The minimum atomic E-state index is -0.211. The Balaban J connectivity index is 3.28. The maximum absolute atomic E-state index is 5.99. The molecule has 1 rings (SSSR count). The summed E-state index contributed by atoms with van der Waals surface area (Å²) in [5, 5.41) is 1.14. The van der Waals surface area contributed by atoms with Crippen molar-refractivity contribution in [3.8, 4) is 0 Å². The highest BCUT2D eigenvalue weighted by Gasteiger charge is 2.24. The number of hydrogen-bond donors (Lipinski definition) is 1. The van der Waals surface area contributed by atoms with Crippen LogP contribution in [-0.2, 0) is 5.41 Å². The van der Waals surface area contributed by atoms with Gasteiger partial charge in [0.15, 0.2) is 0 Å². The number of nitrogens with zero attached hydrogens (tertiary/aromatic N) is 1. The summed E-state index contributed by atoms with van der Waals surface area (Å²) < 4.78 is 0. The molecule has 0 aromatic carbocycles. The van der Waals surface area contributed by atoms with Gasteiger partial charge in [-0.25, -0.2) is 0 Å². The summed E-state index contributed by atoms with van der Waals surface area (Å²) in [5.41, 5.74) is 6.30. The fourth-order valence-electron chi connectivity index (χ4n) is 1.16. The lowest BCUT2D eigenvalue weighted by Gasteiger charge is -2.24. The van der Waals surface area contributed by atoms with E-state index >= 15 is 0 Å². The topological polar surface area (TPSA) is 38.9 Å². The van der Waals surface area contributed by atoms with E-state index in [0.29, 0.717) is 16.6 Å². The van der Waals surface area contributed by atoms with Crippen molar-refractivity contribution in [1.29, 1.82) is 0 Å². The first-order valence-corrected chi connectivity index (χ1v) is 4.74. The first-order valence-electron chi connectivity index (χ1n) is 3.98. The third-order valence-electron chi connectivity index (χ3n) is 2.04. The van der Waals surface area contributed by atoms with Crippen LogP contribution in [-0.4, -0.2) is 11.5 Å². The van der Waals surface area contributed by atoms with Crippen LogP contribution < -0.4 is 5.73 Å². The SMILES string of the molecule is CC(C)(CN)c1c(Cl)cncc1Cl. The van der Waals surface area contributed by atoms with Crippen LogP contribution in [0.3, 0.4) is 0 Å². The van der Waals surface area contributed by atoms with Gasteiger partial charge in [0.2, 0.25) is 0 Å². The van der Waals surface area contributed by atoms with Gasteiger partial charge in [-0.2, -0.15) is 0 Å². The number of halogens is 2. The first kappa shape index (κ1) is 10.8. The van der Waals surface area contributed by atoms with Gasteiger partial charge in [-0.1, -0.05) is 37.0 Å². The zero-order chi connectivity index (χ0) is 10.1. The molecule has 0 spiro atoms. The lowest BCUT2D eigenvalue weighted by Crippen LogP contribution is -2.28. The maximum Gasteiger partial charge on any atom is 0.0642 e. The van der Waals surface area contributed by atoms with E-state index in [9.17, 15) is 0 Å². The Hall–Kier alpha value is -0.310. The molecule has 0 atom stereocenters. The molecular weight excluding hydrogens is 207 g/mol. The molecule has 2 nitrogen and oxygen atoms in total. The van der Waals surface area contributed by atoms with E-state index in [-0.39, 0.29) is 5.41 Å². The highest BCUT2D eigenvalue weighted by Crippen LogP contribution is 2.33. The molecule has 0 fully saturated rings. The highest BCUT2D eigenvalue weighted by atomic mass is 35.5. The zero-order valence-electron chi connectivity index (χ0n) is 7.64. The van der Waals surface area contributed by atoms with Crippen LogP contribution in [0.2, 0.25) is 10.0 Å². The second-order valence-corrected chi connectivity index (χ2v) is 4.38. The fourth-order valence-corrected chi connectivity index (χ4v) is 2.04. The van der Waals surface area contributed by atoms with Gasteiger partial charge in [-0.15, -0.1) is 0 Å². The van der Waals surface area contributed by atoms with Gasteiger partial charge in [0.05, 0.1) is 10.0 Å². The fraction of sp³-hybridized carbons (Fsp3) is 0.444. The van der Waals surface area contributed by atoms with Crippen molar-refractivity contribution < 1.29 is 0 Å². The van der Waals surface area contributed by atoms with Crippen molar-refractivity contribution in [3.63, 3.8) is 0 Å². The zero-order valence-corrected chi connectivity index (χ0v) is 9.15. The summed E-state index contributed by atoms with van der Waals surface area (Å²) >= 11 is 12.0. The van der Waals surface area contributed by atoms with E-state index in [0.717, 1.165) is 5.56 Å². The molecule has 72 valence electrons. The highest BCUT2D eigenvalue weighted by molar-refractivity contribution is 6.35. The van der Waals surface area contributed by atoms with Crippen molar-refractivity contribution in [2.24, 2.45) is 5.73 Å². The van der Waals surface area contributed by atoms with E-state index in [4.69, 9.17) is 28.9 Å². The molecule has 0 aliphatic carbocycles. The molecule has 1 heterocycles. The monoisotopic (exact) mass is 218 g/mol. The predicted octanol–water partition coefficient (Wildman–Crippen LogP) is 2.62. The van der Waals surface area contributed by atoms with Gasteiger partial charge < -0.3 is 5.73 Å². The van der Waals surface area contributed by atoms with E-state index < -0.39 is 0 Å². The number of hydrogen-bond acceptors (Lipinski definition) is 2. The van der Waals surface area contributed by atoms with Gasteiger partial charge in [0.1, 0.15) is 0 Å². The molecule has 0 radical (unpaired) electrons. The molecule has 0 saturated heterocycles. The largest absolute Gasteiger partial charge is 0.330 e. The van der Waals surface area contributed by atoms with Gasteiger partial charge in [-0.05, 0) is 5.56 Å². The molecule has 13 heavy (non-hydrogen) atoms. The summed E-state index contributed by atoms with van der Waals surface area (Å²) in [6.45, 7) is 4.50. The van der Waals surface area contributed by atoms with Crippen LogP contribution in [0.4, 0.5) is 0 Å². The molecule has 4 heteroatoms. The Morgan fingerprint density at radius 2 is 1.77 bits per heavy atom. The van der Waals surface area contributed by atoms with E-state index in [1.54, 1.807) is 12.4 Å². The van der Waals surface area contributed by atoms with Crippen LogP contribution in [0.25, 0.3) is 0 Å². The second-order valence-electron chi connectivity index (χ2n) is 3.57. The number of pyridine rings is 1. The smallest absolute Gasteiger partial charge is 0.0642 e. The van der Waals surface area contributed by atoms with Crippen LogP contribution in [0, 0.1) is 0 Å². The third kappa shape index (κ3) is 2.13. The molecule has 1 aromatic rings. The molecule has 2 N–H and O–H groups in total. The van der Waals surface area contributed by atoms with Gasteiger partial charge in [-0.3, -0.25) is 4.98 Å². The van der Waals surface area contributed by atoms with Crippen molar-refractivity contribution in [2.45, 2.75) is 19.3 Å². The van der Waals surface area contributed by atoms with Gasteiger partial charge in [0.25, 0.3) is 0 Å². The Morgan fingerprint density at radius 1 is 1.31 bits per heavy atom. The van der Waals surface area contributed by atoms with Gasteiger partial charge >= 0.3 is 0 Å². The van der Waals surface area contributed by atoms with E-state index in [1.165, 1.54) is 0 Å². The molecule has 0 bridgehead atoms. The van der Waals surface area contributed by atoms with Crippen LogP contribution in [0.15, 0.2) is 12.4 Å². The van der Waals surface area contributed by atoms with Crippen molar-refractivity contribution >= 4 is 23.2 Å². The van der Waals surface area contributed by atoms with Crippen LogP contribution >= 0.6 is 23.2 Å². The Morgan fingerprint density at radius 3 is 2.15 bits per heavy atom. The normalized spacial score (nSPS) is 11.8. The lowest BCUT2D eigenvalue weighted by atomic mass is 9.85. The minimum Gasteiger partial charge on any atom is -0.330 e. The quantitative estimate of drug-likeness (QED) is 0.830. The number of rotatable bonds is 2. The van der Waals surface area contributed by atoms with Crippen LogP contribution in [0.5, 0.6) is 0 Å². The first-order chi connectivity index (χ1) is 5.99. The van der Waals surface area contributed by atoms with Crippen molar-refractivity contribution in [1.82, 2.24) is 4.98 Å². The summed E-state index contributed by atoms with van der Waals surface area (Å²) in [7, 11) is 0. The average molecular weight is 219 g/mol.